The molecular formula is C20H20F3NO2. The van der Waals surface area contributed by atoms with E-state index in [2.05, 4.69) is 5.32 Å². The molecule has 0 amide bonds. The standard InChI is InChI=1S/C20H20F3NO2/c21-20(22,23)13-6-9-17-16(10-13)19-15(8-7-14(11-25)26-19)18(24-17)12-4-2-1-3-5-12/h1-6,9-10,14-15,18-19,24-25H,7-8,11H2. The zero-order valence-corrected chi connectivity index (χ0v) is 14.0. The number of aliphatic hydroxyl groups is 1. The minimum Gasteiger partial charge on any atom is -0.394 e. The zero-order chi connectivity index (χ0) is 18.3. The number of benzene rings is 2. The summed E-state index contributed by atoms with van der Waals surface area (Å²) in [6.07, 6.45) is -3.74. The highest BCUT2D eigenvalue weighted by atomic mass is 19.4. The quantitative estimate of drug-likeness (QED) is 0.813. The highest BCUT2D eigenvalue weighted by molar-refractivity contribution is 5.58. The molecule has 2 aliphatic rings. The average Bonchev–Trinajstić information content (AvgIpc) is 2.66. The van der Waals surface area contributed by atoms with Gasteiger partial charge in [-0.15, -0.1) is 0 Å². The minimum absolute atomic E-state index is 0.0104. The Morgan fingerprint density at radius 2 is 1.85 bits per heavy atom. The van der Waals surface area contributed by atoms with E-state index in [1.54, 1.807) is 0 Å². The number of nitrogens with one attached hydrogen (secondary N) is 1. The van der Waals surface area contributed by atoms with Crippen molar-refractivity contribution >= 4 is 5.69 Å². The first-order valence-electron chi connectivity index (χ1n) is 8.76. The lowest BCUT2D eigenvalue weighted by atomic mass is 9.76. The molecule has 2 aromatic rings. The van der Waals surface area contributed by atoms with Crippen molar-refractivity contribution in [3.05, 3.63) is 65.2 Å². The Morgan fingerprint density at radius 3 is 2.54 bits per heavy atom. The van der Waals surface area contributed by atoms with E-state index >= 15 is 0 Å². The fourth-order valence-electron chi connectivity index (χ4n) is 4.06. The van der Waals surface area contributed by atoms with Gasteiger partial charge in [-0.1, -0.05) is 30.3 Å². The van der Waals surface area contributed by atoms with Gasteiger partial charge in [0.15, 0.2) is 0 Å². The summed E-state index contributed by atoms with van der Waals surface area (Å²) in [5.41, 5.74) is 1.59. The van der Waals surface area contributed by atoms with Gasteiger partial charge >= 0.3 is 6.18 Å². The second kappa shape index (κ2) is 6.59. The van der Waals surface area contributed by atoms with Gasteiger partial charge in [0.1, 0.15) is 0 Å². The topological polar surface area (TPSA) is 41.5 Å². The third-order valence-electron chi connectivity index (χ3n) is 5.34. The molecule has 6 heteroatoms. The SMILES string of the molecule is OCC1CCC2C(c3ccccc3)Nc3ccc(C(F)(F)F)cc3C2O1. The van der Waals surface area contributed by atoms with Crippen LogP contribution < -0.4 is 5.32 Å². The van der Waals surface area contributed by atoms with Crippen LogP contribution >= 0.6 is 0 Å². The summed E-state index contributed by atoms with van der Waals surface area (Å²) in [5.74, 6) is 0.0104. The Kier molecular flexibility index (Phi) is 4.40. The van der Waals surface area contributed by atoms with E-state index in [9.17, 15) is 18.3 Å². The Labute approximate surface area is 149 Å². The summed E-state index contributed by atoms with van der Waals surface area (Å²) in [6, 6.07) is 13.6. The molecular weight excluding hydrogens is 343 g/mol. The lowest BCUT2D eigenvalue weighted by Crippen LogP contribution is -2.40. The van der Waals surface area contributed by atoms with Crippen LogP contribution in [0, 0.1) is 5.92 Å². The van der Waals surface area contributed by atoms with E-state index in [-0.39, 0.29) is 24.7 Å². The maximum atomic E-state index is 13.2. The Bertz CT molecular complexity index is 778. The van der Waals surface area contributed by atoms with Crippen molar-refractivity contribution < 1.29 is 23.0 Å². The highest BCUT2D eigenvalue weighted by Gasteiger charge is 2.43. The number of alkyl halides is 3. The molecule has 0 bridgehead atoms. The number of fused-ring (bicyclic) bond motifs is 3. The zero-order valence-electron chi connectivity index (χ0n) is 14.0. The van der Waals surface area contributed by atoms with Crippen LogP contribution in [0.1, 0.15) is 41.7 Å². The van der Waals surface area contributed by atoms with Crippen molar-refractivity contribution in [2.24, 2.45) is 5.92 Å². The lowest BCUT2D eigenvalue weighted by Gasteiger charge is -2.45. The molecule has 0 radical (unpaired) electrons. The van der Waals surface area contributed by atoms with E-state index in [0.717, 1.165) is 18.1 Å². The fourth-order valence-corrected chi connectivity index (χ4v) is 4.06. The van der Waals surface area contributed by atoms with Gasteiger partial charge in [0.2, 0.25) is 0 Å². The molecule has 1 fully saturated rings. The fraction of sp³-hybridized carbons (Fsp3) is 0.400. The second-order valence-corrected chi connectivity index (χ2v) is 6.93. The highest BCUT2D eigenvalue weighted by Crippen LogP contribution is 2.51. The van der Waals surface area contributed by atoms with Crippen molar-refractivity contribution in [3.8, 4) is 0 Å². The summed E-state index contributed by atoms with van der Waals surface area (Å²) in [5, 5.41) is 12.9. The summed E-state index contributed by atoms with van der Waals surface area (Å²) >= 11 is 0. The Morgan fingerprint density at radius 1 is 1.08 bits per heavy atom. The molecule has 138 valence electrons. The monoisotopic (exact) mass is 363 g/mol. The van der Waals surface area contributed by atoms with E-state index in [4.69, 9.17) is 4.74 Å². The number of aliphatic hydroxyl groups excluding tert-OH is 1. The maximum Gasteiger partial charge on any atom is 0.416 e. The van der Waals surface area contributed by atoms with Gasteiger partial charge in [-0.25, -0.2) is 0 Å². The van der Waals surface area contributed by atoms with Gasteiger partial charge < -0.3 is 15.2 Å². The third kappa shape index (κ3) is 3.08. The van der Waals surface area contributed by atoms with Gasteiger partial charge in [0.25, 0.3) is 0 Å². The van der Waals surface area contributed by atoms with Crippen LogP contribution in [-0.4, -0.2) is 17.8 Å². The number of hydrogen-bond donors (Lipinski definition) is 2. The van der Waals surface area contributed by atoms with Crippen LogP contribution in [0.15, 0.2) is 48.5 Å². The van der Waals surface area contributed by atoms with Crippen LogP contribution in [0.25, 0.3) is 0 Å². The van der Waals surface area contributed by atoms with Crippen molar-refractivity contribution in [2.75, 3.05) is 11.9 Å². The Balaban J connectivity index is 1.77. The van der Waals surface area contributed by atoms with Crippen molar-refractivity contribution in [2.45, 2.75) is 37.3 Å². The van der Waals surface area contributed by atoms with Gasteiger partial charge in [-0.05, 0) is 36.6 Å². The molecule has 2 N–H and O–H groups in total. The smallest absolute Gasteiger partial charge is 0.394 e. The van der Waals surface area contributed by atoms with Crippen molar-refractivity contribution in [1.82, 2.24) is 0 Å². The van der Waals surface area contributed by atoms with Crippen LogP contribution in [0.2, 0.25) is 0 Å². The maximum absolute atomic E-state index is 13.2. The molecule has 4 rings (SSSR count). The van der Waals surface area contributed by atoms with Crippen LogP contribution in [0.4, 0.5) is 18.9 Å². The Hall–Kier alpha value is -2.05. The molecule has 4 atom stereocenters. The number of anilines is 1. The average molecular weight is 363 g/mol. The summed E-state index contributed by atoms with van der Waals surface area (Å²) in [6.45, 7) is -0.124. The number of ether oxygens (including phenoxy) is 1. The van der Waals surface area contributed by atoms with E-state index in [1.165, 1.54) is 12.1 Å². The predicted molar refractivity (Wildman–Crippen MR) is 91.7 cm³/mol. The second-order valence-electron chi connectivity index (χ2n) is 6.93. The predicted octanol–water partition coefficient (Wildman–Crippen LogP) is 4.70. The third-order valence-corrected chi connectivity index (χ3v) is 5.34. The van der Waals surface area contributed by atoms with Crippen LogP contribution in [-0.2, 0) is 10.9 Å². The van der Waals surface area contributed by atoms with Gasteiger partial charge in [-0.2, -0.15) is 13.2 Å². The van der Waals surface area contributed by atoms with Gasteiger partial charge in [-0.3, -0.25) is 0 Å². The van der Waals surface area contributed by atoms with Crippen molar-refractivity contribution in [3.63, 3.8) is 0 Å². The minimum atomic E-state index is -4.40. The summed E-state index contributed by atoms with van der Waals surface area (Å²) in [4.78, 5) is 0. The van der Waals surface area contributed by atoms with E-state index in [0.29, 0.717) is 17.7 Å². The first-order valence-corrected chi connectivity index (χ1v) is 8.76. The van der Waals surface area contributed by atoms with E-state index in [1.807, 2.05) is 30.3 Å². The molecule has 0 aliphatic carbocycles. The largest absolute Gasteiger partial charge is 0.416 e. The molecule has 2 aliphatic heterocycles. The molecule has 2 heterocycles. The number of rotatable bonds is 2. The molecule has 3 nitrogen and oxygen atoms in total. The van der Waals surface area contributed by atoms with Crippen LogP contribution in [0.3, 0.4) is 0 Å². The summed E-state index contributed by atoms with van der Waals surface area (Å²) < 4.78 is 45.5. The number of hydrogen-bond acceptors (Lipinski definition) is 3. The lowest BCUT2D eigenvalue weighted by molar-refractivity contribution is -0.138. The molecule has 2 aromatic carbocycles. The normalized spacial score (nSPS) is 28.0. The molecule has 26 heavy (non-hydrogen) atoms. The molecule has 4 unspecified atom stereocenters. The van der Waals surface area contributed by atoms with E-state index < -0.39 is 17.8 Å². The molecule has 1 saturated heterocycles. The first-order chi connectivity index (χ1) is 12.5. The van der Waals surface area contributed by atoms with Crippen molar-refractivity contribution in [1.29, 1.82) is 0 Å². The number of halogens is 3. The van der Waals surface area contributed by atoms with Gasteiger partial charge in [0, 0.05) is 17.2 Å². The first kappa shape index (κ1) is 17.4. The van der Waals surface area contributed by atoms with Gasteiger partial charge in [0.05, 0.1) is 30.4 Å². The molecule has 0 saturated carbocycles. The molecule has 0 aromatic heterocycles. The molecule has 0 spiro atoms. The van der Waals surface area contributed by atoms with Crippen LogP contribution in [0.5, 0.6) is 0 Å². The summed E-state index contributed by atoms with van der Waals surface area (Å²) in [7, 11) is 0.